The molecule has 6 rings (SSSR count). The van der Waals surface area contributed by atoms with E-state index in [0.29, 0.717) is 0 Å². The Kier molecular flexibility index (Phi) is 7.42. The summed E-state index contributed by atoms with van der Waals surface area (Å²) in [6, 6.07) is 14.7. The molecule has 1 aromatic heterocycles. The van der Waals surface area contributed by atoms with Gasteiger partial charge in [-0.05, 0) is 28.8 Å². The van der Waals surface area contributed by atoms with E-state index in [1.54, 1.807) is 21.9 Å². The van der Waals surface area contributed by atoms with Crippen molar-refractivity contribution in [3.05, 3.63) is 69.9 Å². The van der Waals surface area contributed by atoms with Crippen LogP contribution in [0.4, 0.5) is 0 Å². The van der Waals surface area contributed by atoms with Crippen molar-refractivity contribution >= 4 is 35.4 Å². The molecule has 2 aromatic carbocycles. The molecule has 3 aliphatic rings. The van der Waals surface area contributed by atoms with Crippen LogP contribution in [0.5, 0.6) is 0 Å². The van der Waals surface area contributed by atoms with E-state index in [1.807, 2.05) is 11.3 Å². The summed E-state index contributed by atoms with van der Waals surface area (Å²) >= 11 is 1.87. The second-order valence-corrected chi connectivity index (χ2v) is 11.9. The Bertz CT molecular complexity index is 833. The fourth-order valence-corrected chi connectivity index (χ4v) is 9.71. The largest absolute Gasteiger partial charge is 3.00 e. The molecule has 0 nitrogen and oxygen atoms in total. The first-order chi connectivity index (χ1) is 10.1. The maximum atomic E-state index is 2.50. The van der Waals surface area contributed by atoms with E-state index < -0.39 is 8.07 Å². The Morgan fingerprint density at radius 2 is 1.75 bits per heavy atom. The molecule has 0 spiro atoms. The van der Waals surface area contributed by atoms with Gasteiger partial charge in [-0.2, -0.15) is 28.9 Å². The summed E-state index contributed by atoms with van der Waals surface area (Å²) in [5, 5.41) is 9.13. The summed E-state index contributed by atoms with van der Waals surface area (Å²) in [7, 11) is -0.976. The molecule has 3 heterocycles. The van der Waals surface area contributed by atoms with Gasteiger partial charge in [0.1, 0.15) is 0 Å². The summed E-state index contributed by atoms with van der Waals surface area (Å²) in [5.74, 6) is 0. The molecule has 0 saturated heterocycles. The van der Waals surface area contributed by atoms with Crippen molar-refractivity contribution < 1.29 is 51.0 Å². The molecule has 1 aliphatic carbocycles. The number of fused-ring (bicyclic) bond motifs is 1. The molecular formula is C19H19Cl2SSiZr. The zero-order chi connectivity index (χ0) is 14.6. The van der Waals surface area contributed by atoms with E-state index in [4.69, 9.17) is 0 Å². The number of hydrogen-bond donors (Lipinski definition) is 0. The molecule has 2 aliphatic heterocycles. The second-order valence-electron chi connectivity index (χ2n) is 6.61. The number of thiophene rings is 1. The van der Waals surface area contributed by atoms with Crippen molar-refractivity contribution in [1.82, 2.24) is 0 Å². The maximum absolute atomic E-state index is 2.50. The number of allylic oxidation sites excluding steroid dienone is 1. The SMILES string of the molecule is CC1=C2c3cscc3C1[Si]2(C)C.[Cl-].[Cl-].[Zr+3].c1ccc2[cH-]ccc2c1. The molecule has 1 unspecified atom stereocenters. The minimum atomic E-state index is -0.976. The van der Waals surface area contributed by atoms with E-state index in [0.717, 1.165) is 5.54 Å². The normalized spacial score (nSPS) is 18.2. The van der Waals surface area contributed by atoms with E-state index >= 15 is 0 Å². The maximum Gasteiger partial charge on any atom is 3.00 e. The molecule has 0 fully saturated rings. The second kappa shape index (κ2) is 8.10. The molecule has 2 bridgehead atoms. The summed E-state index contributed by atoms with van der Waals surface area (Å²) in [6.07, 6.45) is 0. The van der Waals surface area contributed by atoms with E-state index in [1.165, 1.54) is 10.8 Å². The van der Waals surface area contributed by atoms with Crippen molar-refractivity contribution in [2.45, 2.75) is 25.6 Å². The average molecular weight is 470 g/mol. The third-order valence-electron chi connectivity index (χ3n) is 5.01. The Hall–Kier alpha value is -0.0500. The predicted octanol–water partition coefficient (Wildman–Crippen LogP) is -0.0166. The smallest absolute Gasteiger partial charge is 1.00 e. The topological polar surface area (TPSA) is 0 Å². The monoisotopic (exact) mass is 467 g/mol. The van der Waals surface area contributed by atoms with E-state index in [9.17, 15) is 0 Å². The first-order valence-corrected chi connectivity index (χ1v) is 11.5. The molecular weight excluding hydrogens is 450 g/mol. The van der Waals surface area contributed by atoms with Gasteiger partial charge >= 0.3 is 26.2 Å². The van der Waals surface area contributed by atoms with Crippen molar-refractivity contribution in [3.63, 3.8) is 0 Å². The predicted molar refractivity (Wildman–Crippen MR) is 96.7 cm³/mol. The minimum absolute atomic E-state index is 0. The Labute approximate surface area is 180 Å². The third kappa shape index (κ3) is 3.19. The summed E-state index contributed by atoms with van der Waals surface area (Å²) in [5.41, 5.74) is 5.83. The average Bonchev–Trinajstić information content (AvgIpc) is 3.14. The van der Waals surface area contributed by atoms with Gasteiger partial charge in [-0.1, -0.05) is 29.9 Å². The molecule has 0 N–H and O–H groups in total. The molecule has 0 saturated carbocycles. The number of rotatable bonds is 0. The van der Waals surface area contributed by atoms with Crippen molar-refractivity contribution in [2.75, 3.05) is 0 Å². The van der Waals surface area contributed by atoms with Crippen molar-refractivity contribution in [1.29, 1.82) is 0 Å². The van der Waals surface area contributed by atoms with E-state index in [-0.39, 0.29) is 51.0 Å². The van der Waals surface area contributed by atoms with Crippen LogP contribution >= 0.6 is 11.3 Å². The van der Waals surface area contributed by atoms with Gasteiger partial charge in [-0.3, -0.25) is 0 Å². The summed E-state index contributed by atoms with van der Waals surface area (Å²) in [4.78, 5) is 0. The third-order valence-corrected chi connectivity index (χ3v) is 9.91. The van der Waals surface area contributed by atoms with Crippen LogP contribution < -0.4 is 24.8 Å². The van der Waals surface area contributed by atoms with Gasteiger partial charge < -0.3 is 24.8 Å². The van der Waals surface area contributed by atoms with Gasteiger partial charge in [-0.25, -0.2) is 0 Å². The quantitative estimate of drug-likeness (QED) is 0.321. The fraction of sp³-hybridized carbons (Fsp3) is 0.211. The van der Waals surface area contributed by atoms with Gasteiger partial charge in [0.05, 0.1) is 8.07 Å². The van der Waals surface area contributed by atoms with Gasteiger partial charge in [-0.15, -0.1) is 29.7 Å². The van der Waals surface area contributed by atoms with Crippen LogP contribution in [0.15, 0.2) is 58.8 Å². The molecule has 1 radical (unpaired) electrons. The van der Waals surface area contributed by atoms with Crippen LogP contribution in [0, 0.1) is 0 Å². The van der Waals surface area contributed by atoms with E-state index in [2.05, 4.69) is 73.2 Å². The molecule has 24 heavy (non-hydrogen) atoms. The first-order valence-electron chi connectivity index (χ1n) is 7.49. The van der Waals surface area contributed by atoms with Crippen LogP contribution in [0.1, 0.15) is 23.6 Å². The Morgan fingerprint density at radius 1 is 1.04 bits per heavy atom. The zero-order valence-corrected chi connectivity index (χ0v) is 19.7. The van der Waals surface area contributed by atoms with Crippen molar-refractivity contribution in [2.24, 2.45) is 0 Å². The molecule has 3 aromatic rings. The molecule has 1 atom stereocenters. The molecule has 0 amide bonds. The Balaban J connectivity index is 0.000000220. The minimum Gasteiger partial charge on any atom is -1.00 e. The standard InChI is InChI=1S/C10H12SSi.C9H7.2ClH.Zr/c1-6-9-7-4-11-5-8(7)10(6)12(9,2)3;1-2-5-9-7-3-6-8(9)4-1;;;/h4-5,9H,1-3H3;1-7H;2*1H;/q;-1;;;+3/p-2. The summed E-state index contributed by atoms with van der Waals surface area (Å²) in [6.45, 7) is 7.33. The number of halogens is 2. The molecule has 5 heteroatoms. The van der Waals surface area contributed by atoms with Crippen molar-refractivity contribution in [3.8, 4) is 0 Å². The fourth-order valence-electron chi connectivity index (χ4n) is 4.25. The zero-order valence-electron chi connectivity index (χ0n) is 13.9. The first kappa shape index (κ1) is 22.0. The molecule has 123 valence electrons. The van der Waals surface area contributed by atoms with Crippen LogP contribution in [0.25, 0.3) is 16.0 Å². The number of benzene rings is 1. The number of hydrogen-bond acceptors (Lipinski definition) is 1. The Morgan fingerprint density at radius 3 is 2.38 bits per heavy atom. The van der Waals surface area contributed by atoms with Gasteiger partial charge in [0.25, 0.3) is 0 Å². The van der Waals surface area contributed by atoms with Gasteiger partial charge in [0.2, 0.25) is 0 Å². The van der Waals surface area contributed by atoms with Crippen LogP contribution in [0.3, 0.4) is 0 Å². The van der Waals surface area contributed by atoms with Crippen LogP contribution in [-0.2, 0) is 26.2 Å². The van der Waals surface area contributed by atoms with Crippen LogP contribution in [0.2, 0.25) is 13.1 Å². The summed E-state index contributed by atoms with van der Waals surface area (Å²) < 4.78 is 0. The van der Waals surface area contributed by atoms with Gasteiger partial charge in [0, 0.05) is 5.54 Å². The van der Waals surface area contributed by atoms with Gasteiger partial charge in [0.15, 0.2) is 0 Å². The van der Waals surface area contributed by atoms with Crippen LogP contribution in [-0.4, -0.2) is 8.07 Å².